The van der Waals surface area contributed by atoms with Gasteiger partial charge in [0.05, 0.1) is 44.6 Å². The van der Waals surface area contributed by atoms with Crippen LogP contribution < -0.4 is 0 Å². The normalized spacial score (nSPS) is 14.0. The quantitative estimate of drug-likeness (QED) is 0.0648. The SMILES string of the molecule is [CH2-][O+](c1c(F)cc(F)cc1-c1cc(C(C)(C)CC(C)(C)C)cc(-n2c3cc(C(C)(C)C)ccc3c3ccc(C(C)(C)C)cc32)c1O)C(C)CC(C)[O+]([CH2-])c1c(F)cc(F)cc1-c1cc(C(C)(C)CC(C)(C)C)cc(-n2c3cc(C(C)(C)C)ccc3c3ccc(C(C)(C)C)cc32)c1O. The highest BCUT2D eigenvalue weighted by atomic mass is 19.1. The monoisotopic (exact) mass is 1320 g/mol. The molecule has 2 heterocycles. The first-order valence-electron chi connectivity index (χ1n) is 34.5. The molecule has 2 aromatic heterocycles. The molecule has 0 spiro atoms. The number of hydrogen-bond acceptors (Lipinski definition) is 2. The van der Waals surface area contributed by atoms with Crippen LogP contribution in [0.2, 0.25) is 0 Å². The van der Waals surface area contributed by atoms with Crippen LogP contribution in [0, 0.1) is 48.3 Å². The Hall–Kier alpha value is -7.72. The van der Waals surface area contributed by atoms with Gasteiger partial charge in [-0.3, -0.25) is 0 Å². The number of nitrogens with zero attached hydrogens (tertiary/aromatic N) is 2. The van der Waals surface area contributed by atoms with E-state index in [9.17, 15) is 10.2 Å². The maximum atomic E-state index is 17.4. The summed E-state index contributed by atoms with van der Waals surface area (Å²) in [5.74, 6) is -4.23. The van der Waals surface area contributed by atoms with Gasteiger partial charge in [0.2, 0.25) is 11.6 Å². The van der Waals surface area contributed by atoms with Gasteiger partial charge >= 0.3 is 0 Å². The lowest BCUT2D eigenvalue weighted by atomic mass is 9.71. The highest BCUT2D eigenvalue weighted by Gasteiger charge is 2.37. The van der Waals surface area contributed by atoms with Crippen LogP contribution in [-0.2, 0) is 41.2 Å². The molecule has 0 aliphatic rings. The van der Waals surface area contributed by atoms with Crippen LogP contribution in [-0.4, -0.2) is 31.6 Å². The number of phenolic OH excluding ortho intramolecular Hbond substituents is 2. The van der Waals surface area contributed by atoms with Gasteiger partial charge in [-0.05, 0) is 164 Å². The maximum Gasteiger partial charge on any atom is 0.271 e. The van der Waals surface area contributed by atoms with Crippen LogP contribution >= 0.6 is 0 Å². The van der Waals surface area contributed by atoms with Crippen molar-refractivity contribution in [3.05, 3.63) is 192 Å². The van der Waals surface area contributed by atoms with Crippen molar-refractivity contribution in [3.8, 4) is 56.6 Å². The molecule has 0 saturated heterocycles. The maximum absolute atomic E-state index is 17.4. The Labute approximate surface area is 576 Å². The second kappa shape index (κ2) is 24.6. The predicted molar refractivity (Wildman–Crippen MR) is 400 cm³/mol. The largest absolute Gasteiger partial charge is 0.707 e. The van der Waals surface area contributed by atoms with E-state index in [4.69, 9.17) is 0 Å². The molecule has 10 heteroatoms. The van der Waals surface area contributed by atoms with Crippen molar-refractivity contribution in [2.24, 2.45) is 10.8 Å². The first-order valence-corrected chi connectivity index (χ1v) is 34.5. The van der Waals surface area contributed by atoms with Crippen LogP contribution in [0.5, 0.6) is 23.0 Å². The van der Waals surface area contributed by atoms with Gasteiger partial charge in [-0.2, -0.15) is 8.78 Å². The van der Waals surface area contributed by atoms with Crippen molar-refractivity contribution < 1.29 is 36.5 Å². The lowest BCUT2D eigenvalue weighted by molar-refractivity contribution is -0.0977. The zero-order valence-electron chi connectivity index (χ0n) is 62.4. The van der Waals surface area contributed by atoms with Crippen LogP contribution in [0.15, 0.2) is 121 Å². The summed E-state index contributed by atoms with van der Waals surface area (Å²) < 4.78 is 77.2. The zero-order valence-corrected chi connectivity index (χ0v) is 62.4. The fraction of sp³-hybridized carbons (Fsp3) is 0.425. The number of aromatic hydroxyl groups is 2. The molecule has 2 N–H and O–H groups in total. The Morgan fingerprint density at radius 3 is 0.876 bits per heavy atom. The van der Waals surface area contributed by atoms with Crippen molar-refractivity contribution in [2.75, 3.05) is 0 Å². The summed E-state index contributed by atoms with van der Waals surface area (Å²) in [6.07, 6.45) is 0.0168. The highest BCUT2D eigenvalue weighted by molar-refractivity contribution is 6.11. The molecule has 8 aromatic carbocycles. The molecule has 516 valence electrons. The minimum Gasteiger partial charge on any atom is -0.707 e. The van der Waals surface area contributed by atoms with Crippen molar-refractivity contribution in [1.29, 1.82) is 0 Å². The number of rotatable bonds is 14. The van der Waals surface area contributed by atoms with Crippen molar-refractivity contribution in [3.63, 3.8) is 0 Å². The van der Waals surface area contributed by atoms with E-state index in [1.807, 2.05) is 38.1 Å². The van der Waals surface area contributed by atoms with Crippen LogP contribution in [0.3, 0.4) is 0 Å². The Morgan fingerprint density at radius 2 is 0.629 bits per heavy atom. The fourth-order valence-corrected chi connectivity index (χ4v) is 15.2. The van der Waals surface area contributed by atoms with Gasteiger partial charge in [0.1, 0.15) is 29.6 Å². The smallest absolute Gasteiger partial charge is 0.271 e. The fourth-order valence-electron chi connectivity index (χ4n) is 15.2. The number of aromatic nitrogens is 2. The summed E-state index contributed by atoms with van der Waals surface area (Å²) in [5, 5.41) is 30.6. The lowest BCUT2D eigenvalue weighted by Crippen LogP contribution is -2.26. The molecular weight excluding hydrogens is 1210 g/mol. The highest BCUT2D eigenvalue weighted by Crippen LogP contribution is 2.54. The number of halogens is 4. The molecule has 0 amide bonds. The topological polar surface area (TPSA) is 55.7 Å². The average molecular weight is 1320 g/mol. The first kappa shape index (κ1) is 72.0. The molecule has 10 aromatic rings. The van der Waals surface area contributed by atoms with Crippen LogP contribution in [0.25, 0.3) is 77.2 Å². The third-order valence-electron chi connectivity index (χ3n) is 19.9. The molecule has 97 heavy (non-hydrogen) atoms. The molecule has 0 radical (unpaired) electrons. The summed E-state index contributed by atoms with van der Waals surface area (Å²) in [7, 11) is 8.82. The molecule has 0 fully saturated rings. The standard InChI is InChI=1S/C87H106F4N2O4/c1-50(96(25)78-66(44-58(88)46-68(78)90)64-36-56(86(21,22)48-80(3,4)5)42-74(76(64)94)92-70-38-52(82(9,10)11)27-31-60(70)61-32-28-53(39-71(61)92)83(12,13)14)35-51(2)97(26)79-67(45-59(89)47-69(79)91)65-37-57(87(23,24)49-81(6,7)8)43-75(77(65)95)93-72-40-54(84(15,16)17)29-33-62(72)63-34-30-55(41-73(63)93)85(18,19)20/h27-34,36-47,50-51,94-95H,25-26,35,48-49H2,1-24H3. The molecule has 6 nitrogen and oxygen atoms in total. The van der Waals surface area contributed by atoms with E-state index in [0.29, 0.717) is 11.4 Å². The number of benzene rings is 8. The van der Waals surface area contributed by atoms with E-state index in [1.165, 1.54) is 12.1 Å². The van der Waals surface area contributed by atoms with Gasteiger partial charge in [0.25, 0.3) is 11.5 Å². The Morgan fingerprint density at radius 1 is 0.361 bits per heavy atom. The summed E-state index contributed by atoms with van der Waals surface area (Å²) in [4.78, 5) is 0. The molecule has 0 saturated carbocycles. The Kier molecular flexibility index (Phi) is 18.3. The number of hydrogen-bond donors (Lipinski definition) is 2. The lowest BCUT2D eigenvalue weighted by Gasteiger charge is -2.40. The average Bonchev–Trinajstić information content (AvgIpc) is 1.65. The minimum absolute atomic E-state index is 0.0507. The van der Waals surface area contributed by atoms with E-state index in [-0.39, 0.29) is 84.2 Å². The molecule has 2 unspecified atom stereocenters. The van der Waals surface area contributed by atoms with Crippen molar-refractivity contribution >= 4 is 43.6 Å². The van der Waals surface area contributed by atoms with Gasteiger partial charge in [-0.15, -0.1) is 0 Å². The first-order chi connectivity index (χ1) is 44.5. The van der Waals surface area contributed by atoms with E-state index in [2.05, 4.69) is 257 Å². The van der Waals surface area contributed by atoms with Crippen LogP contribution in [0.1, 0.15) is 219 Å². The molecule has 0 aliphatic carbocycles. The molecule has 2 atom stereocenters. The van der Waals surface area contributed by atoms with Gasteiger partial charge in [0, 0.05) is 58.7 Å². The summed E-state index contributed by atoms with van der Waals surface area (Å²) in [6.45, 7) is 51.5. The summed E-state index contributed by atoms with van der Waals surface area (Å²) >= 11 is 0. The van der Waals surface area contributed by atoms with Gasteiger partial charge in [-0.1, -0.05) is 201 Å². The number of phenols is 2. The van der Waals surface area contributed by atoms with E-state index < -0.39 is 46.3 Å². The van der Waals surface area contributed by atoms with Gasteiger partial charge in [0.15, 0.2) is 12.2 Å². The second-order valence-electron chi connectivity index (χ2n) is 35.9. The van der Waals surface area contributed by atoms with E-state index >= 15 is 17.6 Å². The third-order valence-corrected chi connectivity index (χ3v) is 19.9. The Bertz CT molecular complexity index is 4270. The molecule has 0 aliphatic heterocycles. The minimum atomic E-state index is -0.935. The van der Waals surface area contributed by atoms with Gasteiger partial charge in [-0.25, -0.2) is 8.78 Å². The molecule has 10 rings (SSSR count). The molecular formula is C87H106F4N2O4. The van der Waals surface area contributed by atoms with E-state index in [1.54, 1.807) is 0 Å². The molecule has 0 bridgehead atoms. The van der Waals surface area contributed by atoms with Crippen LogP contribution in [0.4, 0.5) is 17.6 Å². The number of fused-ring (bicyclic) bond motifs is 6. The summed E-state index contributed by atoms with van der Waals surface area (Å²) in [6, 6.07) is 37.9. The van der Waals surface area contributed by atoms with E-state index in [0.717, 1.165) is 102 Å². The predicted octanol–water partition coefficient (Wildman–Crippen LogP) is 25.8. The second-order valence-corrected chi connectivity index (χ2v) is 35.9. The van der Waals surface area contributed by atoms with Crippen molar-refractivity contribution in [2.45, 2.75) is 230 Å². The zero-order chi connectivity index (χ0) is 71.9. The van der Waals surface area contributed by atoms with Crippen molar-refractivity contribution in [1.82, 2.24) is 9.13 Å². The Balaban J connectivity index is 1.13. The third kappa shape index (κ3) is 14.0. The summed E-state index contributed by atoms with van der Waals surface area (Å²) in [5.41, 5.74) is 8.72. The van der Waals surface area contributed by atoms with Gasteiger partial charge < -0.3 is 28.1 Å².